The van der Waals surface area contributed by atoms with Crippen LogP contribution in [0.15, 0.2) is 35.7 Å². The van der Waals surface area contributed by atoms with E-state index in [9.17, 15) is 22.8 Å². The molecule has 8 heteroatoms. The molecule has 2 heterocycles. The van der Waals surface area contributed by atoms with E-state index < -0.39 is 17.7 Å². The molecular formula is C18H15ClF3NO2S. The van der Waals surface area contributed by atoms with Gasteiger partial charge in [0.2, 0.25) is 0 Å². The third kappa shape index (κ3) is 3.94. The Morgan fingerprint density at radius 2 is 2.00 bits per heavy atom. The number of benzene rings is 1. The van der Waals surface area contributed by atoms with Crippen molar-refractivity contribution in [3.05, 3.63) is 56.7 Å². The van der Waals surface area contributed by atoms with Gasteiger partial charge in [0.1, 0.15) is 4.88 Å². The van der Waals surface area contributed by atoms with Gasteiger partial charge in [-0.25, -0.2) is 0 Å². The fourth-order valence-corrected chi connectivity index (χ4v) is 4.15. The maximum atomic E-state index is 12.9. The van der Waals surface area contributed by atoms with Crippen LogP contribution in [0.4, 0.5) is 13.2 Å². The molecule has 1 saturated heterocycles. The zero-order valence-corrected chi connectivity index (χ0v) is 15.1. The van der Waals surface area contributed by atoms with Gasteiger partial charge in [0, 0.05) is 24.6 Å². The van der Waals surface area contributed by atoms with Crippen molar-refractivity contribution in [2.24, 2.45) is 5.92 Å². The molecule has 1 atom stereocenters. The van der Waals surface area contributed by atoms with Gasteiger partial charge < -0.3 is 4.90 Å². The molecule has 0 aliphatic carbocycles. The predicted molar refractivity (Wildman–Crippen MR) is 93.7 cm³/mol. The van der Waals surface area contributed by atoms with Gasteiger partial charge in [-0.2, -0.15) is 13.2 Å². The minimum absolute atomic E-state index is 0.0216. The molecule has 0 radical (unpaired) electrons. The summed E-state index contributed by atoms with van der Waals surface area (Å²) in [6.45, 7) is 0.682. The Morgan fingerprint density at radius 3 is 2.65 bits per heavy atom. The summed E-state index contributed by atoms with van der Waals surface area (Å²) < 4.78 is 38.6. The van der Waals surface area contributed by atoms with Crippen molar-refractivity contribution in [3.63, 3.8) is 0 Å². The van der Waals surface area contributed by atoms with E-state index in [0.717, 1.165) is 12.1 Å². The van der Waals surface area contributed by atoms with Crippen LogP contribution >= 0.6 is 22.9 Å². The first-order valence-electron chi connectivity index (χ1n) is 8.01. The number of ketones is 1. The summed E-state index contributed by atoms with van der Waals surface area (Å²) in [6, 6.07) is 6.06. The normalized spacial score (nSPS) is 18.0. The Balaban J connectivity index is 1.76. The second-order valence-corrected chi connectivity index (χ2v) is 7.45. The molecule has 2 aromatic rings. The monoisotopic (exact) mass is 401 g/mol. The quantitative estimate of drug-likeness (QED) is 0.666. The van der Waals surface area contributed by atoms with E-state index in [1.807, 2.05) is 0 Å². The lowest BCUT2D eigenvalue weighted by molar-refractivity contribution is -0.137. The summed E-state index contributed by atoms with van der Waals surface area (Å²) in [7, 11) is 0. The second-order valence-electron chi connectivity index (χ2n) is 6.13. The number of halogens is 4. The molecule has 0 unspecified atom stereocenters. The van der Waals surface area contributed by atoms with E-state index in [4.69, 9.17) is 11.6 Å². The number of piperidine rings is 1. The van der Waals surface area contributed by atoms with Gasteiger partial charge in [-0.05, 0) is 36.4 Å². The summed E-state index contributed by atoms with van der Waals surface area (Å²) in [5, 5.41) is 2.08. The van der Waals surface area contributed by atoms with Gasteiger partial charge >= 0.3 is 6.18 Å². The molecule has 0 N–H and O–H groups in total. The number of amides is 1. The minimum atomic E-state index is -4.50. The fourth-order valence-electron chi connectivity index (χ4n) is 3.05. The highest BCUT2D eigenvalue weighted by Crippen LogP contribution is 2.31. The molecule has 3 nitrogen and oxygen atoms in total. The van der Waals surface area contributed by atoms with E-state index in [-0.39, 0.29) is 23.8 Å². The molecule has 1 aromatic heterocycles. The van der Waals surface area contributed by atoms with Crippen LogP contribution in [0.5, 0.6) is 0 Å². The number of carbonyl (C=O) groups excluding carboxylic acids is 2. The Kier molecular flexibility index (Phi) is 5.39. The first-order valence-corrected chi connectivity index (χ1v) is 9.27. The van der Waals surface area contributed by atoms with Gasteiger partial charge in [0.15, 0.2) is 5.78 Å². The summed E-state index contributed by atoms with van der Waals surface area (Å²) >= 11 is 7.23. The first-order chi connectivity index (χ1) is 12.3. The van der Waals surface area contributed by atoms with Crippen molar-refractivity contribution in [1.82, 2.24) is 4.90 Å². The first kappa shape index (κ1) is 18.9. The number of alkyl halides is 3. The van der Waals surface area contributed by atoms with Crippen molar-refractivity contribution in [2.75, 3.05) is 13.1 Å². The minimum Gasteiger partial charge on any atom is -0.337 e. The summed E-state index contributed by atoms with van der Waals surface area (Å²) in [5.41, 5.74) is -0.828. The number of thiophene rings is 1. The average molecular weight is 402 g/mol. The maximum absolute atomic E-state index is 12.9. The summed E-state index contributed by atoms with van der Waals surface area (Å²) in [5.74, 6) is -1.13. The summed E-state index contributed by atoms with van der Waals surface area (Å²) in [6.07, 6.45) is -3.35. The predicted octanol–water partition coefficient (Wildman–Crippen LogP) is 5.16. The molecule has 1 aromatic carbocycles. The Labute approximate surface area is 157 Å². The molecule has 26 heavy (non-hydrogen) atoms. The summed E-state index contributed by atoms with van der Waals surface area (Å²) in [4.78, 5) is 27.2. The van der Waals surface area contributed by atoms with Gasteiger partial charge in [0.05, 0.1) is 10.6 Å². The highest BCUT2D eigenvalue weighted by molar-refractivity contribution is 7.12. The molecule has 0 spiro atoms. The molecule has 1 amide bonds. The fraction of sp³-hybridized carbons (Fsp3) is 0.333. The molecule has 1 aliphatic heterocycles. The van der Waals surface area contributed by atoms with Gasteiger partial charge in [-0.15, -0.1) is 11.3 Å². The van der Waals surface area contributed by atoms with E-state index in [1.54, 1.807) is 16.3 Å². The largest absolute Gasteiger partial charge is 0.416 e. The number of nitrogens with zero attached hydrogens (tertiary/aromatic N) is 1. The molecule has 138 valence electrons. The highest BCUT2D eigenvalue weighted by atomic mass is 35.5. The van der Waals surface area contributed by atoms with E-state index >= 15 is 0 Å². The molecular weight excluding hydrogens is 387 g/mol. The van der Waals surface area contributed by atoms with Crippen LogP contribution in [0.3, 0.4) is 0 Å². The van der Waals surface area contributed by atoms with Crippen molar-refractivity contribution in [2.45, 2.75) is 19.0 Å². The van der Waals surface area contributed by atoms with Crippen LogP contribution in [0.1, 0.15) is 38.4 Å². The van der Waals surface area contributed by atoms with Gasteiger partial charge in [-0.1, -0.05) is 23.7 Å². The van der Waals surface area contributed by atoms with E-state index in [1.165, 1.54) is 23.5 Å². The van der Waals surface area contributed by atoms with Crippen molar-refractivity contribution >= 4 is 34.6 Å². The SMILES string of the molecule is O=C(c1cccc(C(F)(F)F)c1)[C@@H]1CCCN(C(=O)c2sccc2Cl)C1. The lowest BCUT2D eigenvalue weighted by Gasteiger charge is -2.32. The Morgan fingerprint density at radius 1 is 1.23 bits per heavy atom. The number of likely N-dealkylation sites (tertiary alicyclic amines) is 1. The number of hydrogen-bond acceptors (Lipinski definition) is 3. The van der Waals surface area contributed by atoms with Crippen LogP contribution in [0, 0.1) is 5.92 Å². The third-order valence-corrected chi connectivity index (χ3v) is 5.69. The van der Waals surface area contributed by atoms with Crippen molar-refractivity contribution < 1.29 is 22.8 Å². The smallest absolute Gasteiger partial charge is 0.337 e. The van der Waals surface area contributed by atoms with Crippen LogP contribution < -0.4 is 0 Å². The Bertz CT molecular complexity index is 834. The zero-order valence-electron chi connectivity index (χ0n) is 13.6. The standard InChI is InChI=1S/C18H15ClF3NO2S/c19-14-6-8-26-16(14)17(25)23-7-2-4-12(10-23)15(24)11-3-1-5-13(9-11)18(20,21)22/h1,3,5-6,8-9,12H,2,4,7,10H2/t12-/m1/s1. The molecule has 3 rings (SSSR count). The third-order valence-electron chi connectivity index (χ3n) is 4.37. The van der Waals surface area contributed by atoms with E-state index in [2.05, 4.69) is 0 Å². The maximum Gasteiger partial charge on any atom is 0.416 e. The van der Waals surface area contributed by atoms with Crippen LogP contribution in [-0.4, -0.2) is 29.7 Å². The molecule has 1 aliphatic rings. The second kappa shape index (κ2) is 7.40. The number of hydrogen-bond donors (Lipinski definition) is 0. The lowest BCUT2D eigenvalue weighted by Crippen LogP contribution is -2.42. The average Bonchev–Trinajstić information content (AvgIpc) is 3.06. The van der Waals surface area contributed by atoms with Crippen LogP contribution in [-0.2, 0) is 6.18 Å². The van der Waals surface area contributed by atoms with Crippen molar-refractivity contribution in [1.29, 1.82) is 0 Å². The lowest BCUT2D eigenvalue weighted by atomic mass is 9.89. The van der Waals surface area contributed by atoms with Crippen LogP contribution in [0.25, 0.3) is 0 Å². The number of Topliss-reactive ketones (excluding diaryl/α,β-unsaturated/α-hetero) is 1. The molecule has 1 fully saturated rings. The van der Waals surface area contributed by atoms with Gasteiger partial charge in [-0.3, -0.25) is 9.59 Å². The topological polar surface area (TPSA) is 37.4 Å². The molecule has 0 saturated carbocycles. The van der Waals surface area contributed by atoms with Crippen LogP contribution in [0.2, 0.25) is 5.02 Å². The highest BCUT2D eigenvalue weighted by Gasteiger charge is 2.33. The van der Waals surface area contributed by atoms with Gasteiger partial charge in [0.25, 0.3) is 5.91 Å². The number of rotatable bonds is 3. The van der Waals surface area contributed by atoms with Crippen molar-refractivity contribution in [3.8, 4) is 0 Å². The molecule has 0 bridgehead atoms. The van der Waals surface area contributed by atoms with E-state index in [0.29, 0.717) is 29.3 Å². The zero-order chi connectivity index (χ0) is 18.9. The Hall–Kier alpha value is -1.86. The number of carbonyl (C=O) groups is 2.